The first-order valence-electron chi connectivity index (χ1n) is 6.85. The molecule has 2 unspecified atom stereocenters. The summed E-state index contributed by atoms with van der Waals surface area (Å²) in [5, 5.41) is 12.9. The summed E-state index contributed by atoms with van der Waals surface area (Å²) < 4.78 is 0. The molecule has 1 amide bonds. The van der Waals surface area contributed by atoms with Crippen LogP contribution in [0.5, 0.6) is 5.75 Å². The molecule has 2 atom stereocenters. The van der Waals surface area contributed by atoms with E-state index >= 15 is 0 Å². The highest BCUT2D eigenvalue weighted by molar-refractivity contribution is 5.81. The largest absolute Gasteiger partial charge is 0.508 e. The van der Waals surface area contributed by atoms with Crippen molar-refractivity contribution < 1.29 is 9.90 Å². The van der Waals surface area contributed by atoms with Crippen LogP contribution in [-0.4, -0.2) is 35.5 Å². The van der Waals surface area contributed by atoms with Gasteiger partial charge in [-0.3, -0.25) is 10.1 Å². The number of carbonyl (C=O) groups is 1. The van der Waals surface area contributed by atoms with Crippen LogP contribution in [0.4, 0.5) is 0 Å². The summed E-state index contributed by atoms with van der Waals surface area (Å²) in [6, 6.07) is 5.51. The SMILES string of the molecule is CCN(C)C(=O)C(C)NC1CCc2cc(O)ccc21. The van der Waals surface area contributed by atoms with Crippen LogP contribution in [-0.2, 0) is 11.2 Å². The molecule has 2 N–H and O–H groups in total. The number of rotatable bonds is 4. The molecular formula is C15H22N2O2. The van der Waals surface area contributed by atoms with Crippen LogP contribution in [0.1, 0.15) is 37.4 Å². The van der Waals surface area contributed by atoms with E-state index < -0.39 is 0 Å². The van der Waals surface area contributed by atoms with Crippen molar-refractivity contribution in [1.82, 2.24) is 10.2 Å². The number of fused-ring (bicyclic) bond motifs is 1. The number of nitrogens with one attached hydrogen (secondary N) is 1. The molecule has 0 fully saturated rings. The summed E-state index contributed by atoms with van der Waals surface area (Å²) in [6.45, 7) is 4.60. The number of hydrogen-bond acceptors (Lipinski definition) is 3. The van der Waals surface area contributed by atoms with Crippen molar-refractivity contribution >= 4 is 5.91 Å². The summed E-state index contributed by atoms with van der Waals surface area (Å²) in [7, 11) is 1.82. The summed E-state index contributed by atoms with van der Waals surface area (Å²) in [5.74, 6) is 0.434. The van der Waals surface area contributed by atoms with Crippen molar-refractivity contribution in [3.8, 4) is 5.75 Å². The normalized spacial score (nSPS) is 19.0. The first kappa shape index (κ1) is 13.9. The van der Waals surface area contributed by atoms with Gasteiger partial charge in [-0.2, -0.15) is 0 Å². The molecule has 19 heavy (non-hydrogen) atoms. The fourth-order valence-corrected chi connectivity index (χ4v) is 2.64. The molecule has 0 aromatic heterocycles. The number of aryl methyl sites for hydroxylation is 1. The molecule has 0 saturated carbocycles. The maximum atomic E-state index is 12.1. The second-order valence-electron chi connectivity index (χ2n) is 5.22. The first-order chi connectivity index (χ1) is 9.02. The summed E-state index contributed by atoms with van der Waals surface area (Å²) in [5.41, 5.74) is 2.39. The van der Waals surface area contributed by atoms with Crippen LogP contribution >= 0.6 is 0 Å². The van der Waals surface area contributed by atoms with Gasteiger partial charge in [-0.1, -0.05) is 6.07 Å². The predicted molar refractivity (Wildman–Crippen MR) is 75.1 cm³/mol. The van der Waals surface area contributed by atoms with Crippen molar-refractivity contribution in [3.05, 3.63) is 29.3 Å². The number of phenolic OH excluding ortho intramolecular Hbond substituents is 1. The van der Waals surface area contributed by atoms with Gasteiger partial charge in [0.1, 0.15) is 5.75 Å². The Balaban J connectivity index is 2.05. The number of carbonyl (C=O) groups excluding carboxylic acids is 1. The number of amides is 1. The Morgan fingerprint density at radius 1 is 1.58 bits per heavy atom. The minimum Gasteiger partial charge on any atom is -0.508 e. The van der Waals surface area contributed by atoms with Gasteiger partial charge in [0, 0.05) is 19.6 Å². The lowest BCUT2D eigenvalue weighted by Crippen LogP contribution is -2.44. The number of phenols is 1. The summed E-state index contributed by atoms with van der Waals surface area (Å²) >= 11 is 0. The first-order valence-corrected chi connectivity index (χ1v) is 6.85. The molecule has 4 nitrogen and oxygen atoms in total. The average Bonchev–Trinajstić information content (AvgIpc) is 2.79. The van der Waals surface area contributed by atoms with E-state index in [2.05, 4.69) is 5.32 Å². The third-order valence-electron chi connectivity index (χ3n) is 3.88. The van der Waals surface area contributed by atoms with Crippen LogP contribution in [0.3, 0.4) is 0 Å². The van der Waals surface area contributed by atoms with E-state index in [1.54, 1.807) is 11.0 Å². The highest BCUT2D eigenvalue weighted by Gasteiger charge is 2.26. The van der Waals surface area contributed by atoms with E-state index in [-0.39, 0.29) is 18.0 Å². The molecule has 0 radical (unpaired) electrons. The predicted octanol–water partition coefficient (Wildman–Crippen LogP) is 1.84. The highest BCUT2D eigenvalue weighted by atomic mass is 16.3. The maximum absolute atomic E-state index is 12.1. The third-order valence-corrected chi connectivity index (χ3v) is 3.88. The van der Waals surface area contributed by atoms with E-state index in [1.165, 1.54) is 11.1 Å². The molecule has 0 aliphatic heterocycles. The molecular weight excluding hydrogens is 240 g/mol. The zero-order valence-electron chi connectivity index (χ0n) is 11.8. The Morgan fingerprint density at radius 3 is 3.00 bits per heavy atom. The lowest BCUT2D eigenvalue weighted by molar-refractivity contribution is -0.131. The van der Waals surface area contributed by atoms with Gasteiger partial charge in [0.25, 0.3) is 0 Å². The molecule has 1 aromatic carbocycles. The van der Waals surface area contributed by atoms with Crippen molar-refractivity contribution in [2.75, 3.05) is 13.6 Å². The van der Waals surface area contributed by atoms with Crippen molar-refractivity contribution in [1.29, 1.82) is 0 Å². The standard InChI is InChI=1S/C15H22N2O2/c1-4-17(3)15(19)10(2)16-14-8-5-11-9-12(18)6-7-13(11)14/h6-7,9-10,14,16,18H,4-5,8H2,1-3H3. The molecule has 2 rings (SSSR count). The smallest absolute Gasteiger partial charge is 0.239 e. The third kappa shape index (κ3) is 2.89. The maximum Gasteiger partial charge on any atom is 0.239 e. The minimum absolute atomic E-state index is 0.120. The molecule has 0 spiro atoms. The molecule has 1 aliphatic carbocycles. The highest BCUT2D eigenvalue weighted by Crippen LogP contribution is 2.33. The lowest BCUT2D eigenvalue weighted by atomic mass is 10.1. The minimum atomic E-state index is -0.185. The van der Waals surface area contributed by atoms with Gasteiger partial charge in [0.05, 0.1) is 6.04 Å². The quantitative estimate of drug-likeness (QED) is 0.870. The summed E-state index contributed by atoms with van der Waals surface area (Å²) in [6.07, 6.45) is 1.93. The zero-order valence-corrected chi connectivity index (χ0v) is 11.8. The molecule has 1 aromatic rings. The van der Waals surface area contributed by atoms with Crippen LogP contribution in [0.15, 0.2) is 18.2 Å². The average molecular weight is 262 g/mol. The van der Waals surface area contributed by atoms with Crippen LogP contribution in [0.2, 0.25) is 0 Å². The second-order valence-corrected chi connectivity index (χ2v) is 5.22. The molecule has 0 heterocycles. The van der Waals surface area contributed by atoms with Gasteiger partial charge < -0.3 is 10.0 Å². The van der Waals surface area contributed by atoms with Gasteiger partial charge in [0.2, 0.25) is 5.91 Å². The van der Waals surface area contributed by atoms with Crippen molar-refractivity contribution in [3.63, 3.8) is 0 Å². The van der Waals surface area contributed by atoms with Gasteiger partial charge in [-0.05, 0) is 49.9 Å². The lowest BCUT2D eigenvalue weighted by Gasteiger charge is -2.24. The van der Waals surface area contributed by atoms with Crippen LogP contribution in [0, 0.1) is 0 Å². The van der Waals surface area contributed by atoms with Gasteiger partial charge in [-0.25, -0.2) is 0 Å². The number of benzene rings is 1. The Kier molecular flexibility index (Phi) is 4.10. The van der Waals surface area contributed by atoms with Crippen molar-refractivity contribution in [2.45, 2.75) is 38.8 Å². The Hall–Kier alpha value is -1.55. The molecule has 4 heteroatoms. The number of nitrogens with zero attached hydrogens (tertiary/aromatic N) is 1. The van der Waals surface area contributed by atoms with E-state index in [1.807, 2.05) is 33.0 Å². The van der Waals surface area contributed by atoms with Crippen LogP contribution in [0.25, 0.3) is 0 Å². The molecule has 1 aliphatic rings. The molecule has 104 valence electrons. The number of aromatic hydroxyl groups is 1. The Morgan fingerprint density at radius 2 is 2.32 bits per heavy atom. The fraction of sp³-hybridized carbons (Fsp3) is 0.533. The second kappa shape index (κ2) is 5.61. The van der Waals surface area contributed by atoms with Gasteiger partial charge in [-0.15, -0.1) is 0 Å². The Labute approximate surface area is 114 Å². The van der Waals surface area contributed by atoms with Gasteiger partial charge in [0.15, 0.2) is 0 Å². The number of hydrogen-bond donors (Lipinski definition) is 2. The summed E-state index contributed by atoms with van der Waals surface area (Å²) in [4.78, 5) is 13.8. The van der Waals surface area contributed by atoms with Crippen LogP contribution < -0.4 is 5.32 Å². The topological polar surface area (TPSA) is 52.6 Å². The van der Waals surface area contributed by atoms with E-state index in [4.69, 9.17) is 0 Å². The van der Waals surface area contributed by atoms with E-state index in [0.717, 1.165) is 19.4 Å². The fourth-order valence-electron chi connectivity index (χ4n) is 2.64. The monoisotopic (exact) mass is 262 g/mol. The molecule has 0 bridgehead atoms. The number of likely N-dealkylation sites (N-methyl/N-ethyl adjacent to an activating group) is 1. The van der Waals surface area contributed by atoms with E-state index in [9.17, 15) is 9.90 Å². The van der Waals surface area contributed by atoms with E-state index in [0.29, 0.717) is 5.75 Å². The van der Waals surface area contributed by atoms with Crippen molar-refractivity contribution in [2.24, 2.45) is 0 Å². The zero-order chi connectivity index (χ0) is 14.0. The molecule has 0 saturated heterocycles. The Bertz CT molecular complexity index is 473. The van der Waals surface area contributed by atoms with Gasteiger partial charge >= 0.3 is 0 Å².